The quantitative estimate of drug-likeness (QED) is 0.399. The molecule has 0 radical (unpaired) electrons. The van der Waals surface area contributed by atoms with Gasteiger partial charge in [-0.3, -0.25) is 9.11 Å². The normalized spacial score (nSPS) is 12.8. The van der Waals surface area contributed by atoms with Gasteiger partial charge in [0.15, 0.2) is 11.5 Å². The minimum absolute atomic E-state index is 0.197. The van der Waals surface area contributed by atoms with Crippen LogP contribution in [0.15, 0.2) is 48.5 Å². The first-order valence-electron chi connectivity index (χ1n) is 7.17. The van der Waals surface area contributed by atoms with E-state index in [0.29, 0.717) is 10.8 Å². The Bertz CT molecular complexity index is 1360. The molecular formula is C16H10O8S2. The lowest BCUT2D eigenvalue weighted by molar-refractivity contribution is 0.363. The van der Waals surface area contributed by atoms with E-state index in [0.717, 1.165) is 16.2 Å². The molecule has 0 saturated heterocycles. The molecule has 0 aliphatic rings. The average molecular weight is 394 g/mol. The molecule has 0 aliphatic carbocycles. The van der Waals surface area contributed by atoms with E-state index < -0.39 is 32.3 Å². The third-order valence-electron chi connectivity index (χ3n) is 3.95. The maximum atomic E-state index is 11.2. The molecule has 0 bridgehead atoms. The lowest BCUT2D eigenvalue weighted by atomic mass is 9.94. The lowest BCUT2D eigenvalue weighted by Crippen LogP contribution is -2.12. The highest BCUT2D eigenvalue weighted by Crippen LogP contribution is 2.44. The van der Waals surface area contributed by atoms with Gasteiger partial charge in [-0.1, -0.05) is 36.4 Å². The molecule has 0 heterocycles. The molecular weight excluding hydrogens is 384 g/mol. The van der Waals surface area contributed by atoms with Gasteiger partial charge in [-0.25, -0.2) is 0 Å². The fourth-order valence-electron chi connectivity index (χ4n) is 3.12. The Labute approximate surface area is 147 Å². The Balaban J connectivity index is 2.19. The molecule has 26 heavy (non-hydrogen) atoms. The maximum Gasteiger partial charge on any atom is 0.446 e. The van der Waals surface area contributed by atoms with Crippen LogP contribution in [-0.2, 0) is 20.8 Å². The monoisotopic (exact) mass is 394 g/mol. The molecule has 0 amide bonds. The van der Waals surface area contributed by atoms with Gasteiger partial charge in [-0.05, 0) is 33.7 Å². The maximum absolute atomic E-state index is 11.2. The summed E-state index contributed by atoms with van der Waals surface area (Å²) in [6.07, 6.45) is 0. The lowest BCUT2D eigenvalue weighted by Gasteiger charge is -2.16. The zero-order valence-corrected chi connectivity index (χ0v) is 14.4. The van der Waals surface area contributed by atoms with Gasteiger partial charge >= 0.3 is 20.8 Å². The van der Waals surface area contributed by atoms with E-state index >= 15 is 0 Å². The van der Waals surface area contributed by atoms with Crippen LogP contribution in [0.5, 0.6) is 11.5 Å². The Kier molecular flexibility index (Phi) is 3.50. The van der Waals surface area contributed by atoms with Crippen LogP contribution >= 0.6 is 0 Å². The highest BCUT2D eigenvalue weighted by molar-refractivity contribution is 7.81. The van der Waals surface area contributed by atoms with Crippen LogP contribution in [0.25, 0.3) is 32.3 Å². The summed E-state index contributed by atoms with van der Waals surface area (Å²) in [6, 6.07) is 13.5. The first kappa shape index (κ1) is 16.8. The molecule has 0 saturated carbocycles. The van der Waals surface area contributed by atoms with Crippen molar-refractivity contribution in [2.24, 2.45) is 0 Å². The van der Waals surface area contributed by atoms with Crippen LogP contribution in [0.4, 0.5) is 0 Å². The van der Waals surface area contributed by atoms with E-state index in [9.17, 15) is 16.8 Å². The van der Waals surface area contributed by atoms with Crippen molar-refractivity contribution < 1.29 is 34.3 Å². The summed E-state index contributed by atoms with van der Waals surface area (Å²) >= 11 is 0. The van der Waals surface area contributed by atoms with Crippen molar-refractivity contribution in [1.82, 2.24) is 0 Å². The molecule has 0 fully saturated rings. The zero-order chi connectivity index (χ0) is 18.7. The molecule has 134 valence electrons. The SMILES string of the molecule is O=S(=O)(O)Oc1cc2ccc3cccc4ccc(c1OS(=O)(=O)O)c2c34. The largest absolute Gasteiger partial charge is 0.446 e. The third-order valence-corrected chi connectivity index (χ3v) is 4.72. The van der Waals surface area contributed by atoms with Crippen LogP contribution in [0.3, 0.4) is 0 Å². The molecule has 0 aromatic heterocycles. The number of hydrogen-bond acceptors (Lipinski definition) is 6. The fraction of sp³-hybridized carbons (Fsp3) is 0. The second-order valence-electron chi connectivity index (χ2n) is 5.58. The van der Waals surface area contributed by atoms with E-state index in [-0.39, 0.29) is 5.39 Å². The van der Waals surface area contributed by atoms with Crippen LogP contribution in [0.2, 0.25) is 0 Å². The number of rotatable bonds is 4. The summed E-state index contributed by atoms with van der Waals surface area (Å²) in [6.45, 7) is 0. The molecule has 0 atom stereocenters. The van der Waals surface area contributed by atoms with Crippen molar-refractivity contribution in [2.75, 3.05) is 0 Å². The summed E-state index contributed by atoms with van der Waals surface area (Å²) in [5.41, 5.74) is 0. The second kappa shape index (κ2) is 5.42. The van der Waals surface area contributed by atoms with Crippen LogP contribution in [0.1, 0.15) is 0 Å². The molecule has 10 heteroatoms. The zero-order valence-electron chi connectivity index (χ0n) is 12.8. The smallest absolute Gasteiger partial charge is 0.358 e. The Hall–Kier alpha value is -2.66. The van der Waals surface area contributed by atoms with Crippen molar-refractivity contribution >= 4 is 53.1 Å². The predicted molar refractivity (Wildman–Crippen MR) is 94.5 cm³/mol. The standard InChI is InChI=1S/C16H10O8S2/c17-25(18,19)23-13-8-11-5-4-9-2-1-3-10-6-7-12(15(11)14(9)10)16(13)24-26(20,21)22/h1-8H,(H,17,18,19)(H,20,21,22). The minimum atomic E-state index is -4.98. The molecule has 8 nitrogen and oxygen atoms in total. The van der Waals surface area contributed by atoms with Crippen LogP contribution in [0, 0.1) is 0 Å². The van der Waals surface area contributed by atoms with Crippen LogP contribution < -0.4 is 8.37 Å². The Morgan fingerprint density at radius 2 is 1.27 bits per heavy atom. The van der Waals surface area contributed by atoms with Gasteiger partial charge in [0.25, 0.3) is 0 Å². The van der Waals surface area contributed by atoms with E-state index in [4.69, 9.17) is 9.11 Å². The van der Waals surface area contributed by atoms with E-state index in [2.05, 4.69) is 8.37 Å². The van der Waals surface area contributed by atoms with Crippen molar-refractivity contribution in [2.45, 2.75) is 0 Å². The Morgan fingerprint density at radius 1 is 0.692 bits per heavy atom. The molecule has 4 aromatic rings. The van der Waals surface area contributed by atoms with Crippen molar-refractivity contribution in [3.05, 3.63) is 48.5 Å². The molecule has 4 aromatic carbocycles. The van der Waals surface area contributed by atoms with Gasteiger partial charge in [0.05, 0.1) is 0 Å². The van der Waals surface area contributed by atoms with Crippen molar-refractivity contribution in [3.8, 4) is 11.5 Å². The summed E-state index contributed by atoms with van der Waals surface area (Å²) < 4.78 is 71.8. The topological polar surface area (TPSA) is 127 Å². The van der Waals surface area contributed by atoms with Crippen LogP contribution in [-0.4, -0.2) is 25.9 Å². The number of hydrogen-bond donors (Lipinski definition) is 2. The molecule has 2 N–H and O–H groups in total. The summed E-state index contributed by atoms with van der Waals surface area (Å²) in [5, 5.41) is 3.89. The highest BCUT2D eigenvalue weighted by Gasteiger charge is 2.23. The van der Waals surface area contributed by atoms with Gasteiger partial charge < -0.3 is 8.37 Å². The van der Waals surface area contributed by atoms with Gasteiger partial charge in [0, 0.05) is 10.8 Å². The average Bonchev–Trinajstić information content (AvgIpc) is 2.52. The summed E-state index contributed by atoms with van der Waals surface area (Å²) in [7, 11) is -9.94. The molecule has 0 unspecified atom stereocenters. The van der Waals surface area contributed by atoms with Crippen molar-refractivity contribution in [1.29, 1.82) is 0 Å². The molecule has 0 spiro atoms. The molecule has 0 aliphatic heterocycles. The van der Waals surface area contributed by atoms with E-state index in [1.807, 2.05) is 24.3 Å². The highest BCUT2D eigenvalue weighted by atomic mass is 32.3. The number of benzene rings is 4. The van der Waals surface area contributed by atoms with Crippen molar-refractivity contribution in [3.63, 3.8) is 0 Å². The first-order chi connectivity index (χ1) is 12.1. The minimum Gasteiger partial charge on any atom is -0.358 e. The predicted octanol–water partition coefficient (Wildman–Crippen LogP) is 2.95. The van der Waals surface area contributed by atoms with Gasteiger partial charge in [-0.15, -0.1) is 0 Å². The van der Waals surface area contributed by atoms with Gasteiger partial charge in [0.2, 0.25) is 0 Å². The molecule has 4 rings (SSSR count). The van der Waals surface area contributed by atoms with E-state index in [1.54, 1.807) is 12.1 Å². The van der Waals surface area contributed by atoms with Gasteiger partial charge in [0.1, 0.15) is 0 Å². The fourth-order valence-corrected chi connectivity index (χ4v) is 3.86. The first-order valence-corrected chi connectivity index (χ1v) is 9.90. The van der Waals surface area contributed by atoms with E-state index in [1.165, 1.54) is 12.1 Å². The van der Waals surface area contributed by atoms with Gasteiger partial charge in [-0.2, -0.15) is 16.8 Å². The summed E-state index contributed by atoms with van der Waals surface area (Å²) in [5.74, 6) is -1.12. The summed E-state index contributed by atoms with van der Waals surface area (Å²) in [4.78, 5) is 0. The third kappa shape index (κ3) is 2.88. The second-order valence-corrected chi connectivity index (χ2v) is 7.63. The Morgan fingerprint density at radius 3 is 1.88 bits per heavy atom.